The Labute approximate surface area is 66.7 Å². The van der Waals surface area contributed by atoms with Crippen molar-refractivity contribution >= 4 is 0 Å². The third kappa shape index (κ3) is 5.15. The molecule has 0 bridgehead atoms. The predicted molar refractivity (Wildman–Crippen MR) is 40.4 cm³/mol. The van der Waals surface area contributed by atoms with E-state index in [1.807, 2.05) is 0 Å². The van der Waals surface area contributed by atoms with E-state index in [1.165, 1.54) is 14.2 Å². The normalized spacial score (nSPS) is 16.4. The summed E-state index contributed by atoms with van der Waals surface area (Å²) in [5.41, 5.74) is 0. The van der Waals surface area contributed by atoms with E-state index in [-0.39, 0.29) is 19.3 Å². The molecule has 0 heterocycles. The maximum atomic E-state index is 9.17. The molecule has 0 aliphatic rings. The van der Waals surface area contributed by atoms with Crippen LogP contribution in [0, 0.1) is 0 Å². The summed E-state index contributed by atoms with van der Waals surface area (Å²) in [7, 11) is 3.02. The second kappa shape index (κ2) is 6.54. The lowest BCUT2D eigenvalue weighted by atomic mass is 10.2. The molecule has 68 valence electrons. The van der Waals surface area contributed by atoms with Gasteiger partial charge in [0.25, 0.3) is 0 Å². The van der Waals surface area contributed by atoms with Crippen LogP contribution in [-0.2, 0) is 9.47 Å². The highest BCUT2D eigenvalue weighted by atomic mass is 16.5. The molecule has 0 aliphatic carbocycles. The Balaban J connectivity index is 3.44. The second-order valence-corrected chi connectivity index (χ2v) is 2.39. The van der Waals surface area contributed by atoms with Crippen molar-refractivity contribution in [3.05, 3.63) is 0 Å². The van der Waals surface area contributed by atoms with E-state index < -0.39 is 6.10 Å². The molecule has 0 radical (unpaired) electrons. The van der Waals surface area contributed by atoms with Gasteiger partial charge in [0.15, 0.2) is 0 Å². The van der Waals surface area contributed by atoms with Gasteiger partial charge >= 0.3 is 0 Å². The van der Waals surface area contributed by atoms with Crippen molar-refractivity contribution in [1.82, 2.24) is 0 Å². The average Bonchev–Trinajstić information content (AvgIpc) is 2.01. The number of hydrogen-bond acceptors (Lipinski definition) is 4. The minimum atomic E-state index is -0.558. The summed E-state index contributed by atoms with van der Waals surface area (Å²) in [6.45, 7) is 0.205. The van der Waals surface area contributed by atoms with Crippen LogP contribution in [0.25, 0.3) is 0 Å². The molecule has 0 aromatic rings. The maximum absolute atomic E-state index is 9.17. The zero-order valence-electron chi connectivity index (χ0n) is 6.99. The Morgan fingerprint density at radius 2 is 2.00 bits per heavy atom. The molecular formula is C7H16O4. The lowest BCUT2D eigenvalue weighted by Crippen LogP contribution is -2.25. The molecular weight excluding hydrogens is 148 g/mol. The van der Waals surface area contributed by atoms with Crippen LogP contribution in [0.15, 0.2) is 0 Å². The Kier molecular flexibility index (Phi) is 6.45. The van der Waals surface area contributed by atoms with E-state index in [1.54, 1.807) is 0 Å². The lowest BCUT2D eigenvalue weighted by molar-refractivity contribution is -0.0129. The summed E-state index contributed by atoms with van der Waals surface area (Å²) in [6, 6.07) is 0. The van der Waals surface area contributed by atoms with E-state index in [0.29, 0.717) is 6.42 Å². The van der Waals surface area contributed by atoms with Gasteiger partial charge in [-0.05, 0) is 0 Å². The van der Waals surface area contributed by atoms with E-state index in [4.69, 9.17) is 19.7 Å². The van der Waals surface area contributed by atoms with Crippen LogP contribution in [0.1, 0.15) is 6.42 Å². The molecule has 2 unspecified atom stereocenters. The molecule has 11 heavy (non-hydrogen) atoms. The van der Waals surface area contributed by atoms with Crippen LogP contribution < -0.4 is 0 Å². The Hall–Kier alpha value is -0.160. The van der Waals surface area contributed by atoms with Crippen LogP contribution in [0.2, 0.25) is 0 Å². The predicted octanol–water partition coefficient (Wildman–Crippen LogP) is -0.609. The molecule has 2 atom stereocenters. The number of hydrogen-bond donors (Lipinski definition) is 2. The first kappa shape index (κ1) is 10.8. The Morgan fingerprint density at radius 3 is 2.36 bits per heavy atom. The fraction of sp³-hybridized carbons (Fsp3) is 1.00. The lowest BCUT2D eigenvalue weighted by Gasteiger charge is -2.15. The standard InChI is InChI=1S/C7H16O4/c1-10-5-6(9)3-7(4-8)11-2/h6-9H,3-5H2,1-2H3. The zero-order valence-corrected chi connectivity index (χ0v) is 6.99. The van der Waals surface area contributed by atoms with Gasteiger partial charge in [-0.3, -0.25) is 0 Å². The summed E-state index contributed by atoms with van der Waals surface area (Å²) >= 11 is 0. The maximum Gasteiger partial charge on any atom is 0.0827 e. The van der Waals surface area contributed by atoms with Gasteiger partial charge in [0.1, 0.15) is 0 Å². The van der Waals surface area contributed by atoms with Crippen molar-refractivity contribution in [3.8, 4) is 0 Å². The minimum absolute atomic E-state index is 0.0721. The molecule has 0 spiro atoms. The van der Waals surface area contributed by atoms with E-state index in [2.05, 4.69) is 0 Å². The minimum Gasteiger partial charge on any atom is -0.394 e. The topological polar surface area (TPSA) is 58.9 Å². The fourth-order valence-corrected chi connectivity index (χ4v) is 0.809. The highest BCUT2D eigenvalue weighted by molar-refractivity contribution is 4.62. The summed E-state index contributed by atoms with van der Waals surface area (Å²) in [4.78, 5) is 0. The van der Waals surface area contributed by atoms with Crippen molar-refractivity contribution in [2.75, 3.05) is 27.4 Å². The third-order valence-corrected chi connectivity index (χ3v) is 1.43. The van der Waals surface area contributed by atoms with Crippen molar-refractivity contribution in [2.24, 2.45) is 0 Å². The van der Waals surface area contributed by atoms with E-state index in [0.717, 1.165) is 0 Å². The van der Waals surface area contributed by atoms with Gasteiger partial charge in [0.2, 0.25) is 0 Å². The molecule has 0 aromatic carbocycles. The quantitative estimate of drug-likeness (QED) is 0.550. The molecule has 0 rings (SSSR count). The van der Waals surface area contributed by atoms with E-state index >= 15 is 0 Å². The summed E-state index contributed by atoms with van der Waals surface area (Å²) < 4.78 is 9.56. The average molecular weight is 164 g/mol. The number of rotatable bonds is 6. The van der Waals surface area contributed by atoms with Gasteiger partial charge in [-0.1, -0.05) is 0 Å². The highest BCUT2D eigenvalue weighted by Gasteiger charge is 2.12. The molecule has 0 saturated carbocycles. The first-order valence-corrected chi connectivity index (χ1v) is 3.55. The smallest absolute Gasteiger partial charge is 0.0827 e. The number of aliphatic hydroxyl groups excluding tert-OH is 2. The van der Waals surface area contributed by atoms with Crippen LogP contribution in [0.3, 0.4) is 0 Å². The van der Waals surface area contributed by atoms with Crippen LogP contribution in [-0.4, -0.2) is 49.9 Å². The van der Waals surface area contributed by atoms with Crippen LogP contribution in [0.5, 0.6) is 0 Å². The van der Waals surface area contributed by atoms with Gasteiger partial charge in [0, 0.05) is 20.6 Å². The summed E-state index contributed by atoms with van der Waals surface area (Å²) in [5.74, 6) is 0. The first-order valence-electron chi connectivity index (χ1n) is 3.55. The van der Waals surface area contributed by atoms with Gasteiger partial charge in [-0.2, -0.15) is 0 Å². The molecule has 0 aliphatic heterocycles. The van der Waals surface area contributed by atoms with E-state index in [9.17, 15) is 0 Å². The molecule has 4 nitrogen and oxygen atoms in total. The van der Waals surface area contributed by atoms with Crippen LogP contribution >= 0.6 is 0 Å². The number of ether oxygens (including phenoxy) is 2. The van der Waals surface area contributed by atoms with Gasteiger partial charge < -0.3 is 19.7 Å². The Morgan fingerprint density at radius 1 is 1.36 bits per heavy atom. The molecule has 0 amide bonds. The molecule has 0 aromatic heterocycles. The fourth-order valence-electron chi connectivity index (χ4n) is 0.809. The molecule has 0 fully saturated rings. The first-order chi connectivity index (χ1) is 5.24. The SMILES string of the molecule is COCC(O)CC(CO)OC. The van der Waals surface area contributed by atoms with Crippen molar-refractivity contribution < 1.29 is 19.7 Å². The van der Waals surface area contributed by atoms with Gasteiger partial charge in [-0.15, -0.1) is 0 Å². The largest absolute Gasteiger partial charge is 0.394 e. The summed E-state index contributed by atoms with van der Waals surface area (Å²) in [5, 5.41) is 17.8. The number of methoxy groups -OCH3 is 2. The van der Waals surface area contributed by atoms with Gasteiger partial charge in [-0.25, -0.2) is 0 Å². The van der Waals surface area contributed by atoms with Gasteiger partial charge in [0.05, 0.1) is 25.4 Å². The third-order valence-electron chi connectivity index (χ3n) is 1.43. The van der Waals surface area contributed by atoms with Crippen molar-refractivity contribution in [3.63, 3.8) is 0 Å². The zero-order chi connectivity index (χ0) is 8.69. The van der Waals surface area contributed by atoms with Crippen molar-refractivity contribution in [1.29, 1.82) is 0 Å². The second-order valence-electron chi connectivity index (χ2n) is 2.39. The van der Waals surface area contributed by atoms with Crippen LogP contribution in [0.4, 0.5) is 0 Å². The Bertz CT molecular complexity index is 82.5. The summed E-state index contributed by atoms with van der Waals surface area (Å²) in [6.07, 6.45) is -0.446. The monoisotopic (exact) mass is 164 g/mol. The number of aliphatic hydroxyl groups is 2. The molecule has 2 N–H and O–H groups in total. The highest BCUT2D eigenvalue weighted by Crippen LogP contribution is 2.01. The molecule has 0 saturated heterocycles. The molecule has 4 heteroatoms. The van der Waals surface area contributed by atoms with Crippen molar-refractivity contribution in [2.45, 2.75) is 18.6 Å².